The summed E-state index contributed by atoms with van der Waals surface area (Å²) >= 11 is 0. The SMILES string of the molecule is Cc1cccc(OC2CCc3ccccc3C2N)c1. The molecule has 0 aliphatic heterocycles. The first kappa shape index (κ1) is 12.2. The Balaban J connectivity index is 1.81. The van der Waals surface area contributed by atoms with Gasteiger partial charge in [-0.05, 0) is 48.6 Å². The summed E-state index contributed by atoms with van der Waals surface area (Å²) in [6, 6.07) is 16.5. The van der Waals surface area contributed by atoms with Gasteiger partial charge in [-0.3, -0.25) is 0 Å². The molecule has 0 amide bonds. The maximum Gasteiger partial charge on any atom is 0.120 e. The van der Waals surface area contributed by atoms with Crippen molar-refractivity contribution < 1.29 is 4.74 Å². The lowest BCUT2D eigenvalue weighted by molar-refractivity contribution is 0.153. The molecule has 0 saturated heterocycles. The third-order valence-electron chi connectivity index (χ3n) is 3.79. The molecule has 1 aliphatic rings. The smallest absolute Gasteiger partial charge is 0.120 e. The van der Waals surface area contributed by atoms with Gasteiger partial charge in [-0.25, -0.2) is 0 Å². The third kappa shape index (κ3) is 2.49. The van der Waals surface area contributed by atoms with E-state index in [9.17, 15) is 0 Å². The average Bonchev–Trinajstić information content (AvgIpc) is 2.42. The molecule has 2 nitrogen and oxygen atoms in total. The van der Waals surface area contributed by atoms with Crippen LogP contribution >= 0.6 is 0 Å². The summed E-state index contributed by atoms with van der Waals surface area (Å²) in [5, 5.41) is 0. The van der Waals surface area contributed by atoms with Gasteiger partial charge in [0.1, 0.15) is 11.9 Å². The Bertz CT molecular complexity index is 579. The molecule has 0 saturated carbocycles. The lowest BCUT2D eigenvalue weighted by Crippen LogP contribution is -2.35. The van der Waals surface area contributed by atoms with E-state index in [0.717, 1.165) is 18.6 Å². The predicted molar refractivity (Wildman–Crippen MR) is 77.3 cm³/mol. The summed E-state index contributed by atoms with van der Waals surface area (Å²) < 4.78 is 6.08. The Labute approximate surface area is 114 Å². The number of hydrogen-bond donors (Lipinski definition) is 1. The van der Waals surface area contributed by atoms with Crippen LogP contribution in [0.3, 0.4) is 0 Å². The van der Waals surface area contributed by atoms with E-state index in [1.807, 2.05) is 18.2 Å². The van der Waals surface area contributed by atoms with Gasteiger partial charge < -0.3 is 10.5 Å². The standard InChI is InChI=1S/C17H19NO/c1-12-5-4-7-14(11-12)19-16-10-9-13-6-2-3-8-15(13)17(16)18/h2-8,11,16-17H,9-10,18H2,1H3. The highest BCUT2D eigenvalue weighted by molar-refractivity contribution is 5.34. The normalized spacial score (nSPS) is 21.8. The fourth-order valence-corrected chi connectivity index (χ4v) is 2.76. The molecule has 19 heavy (non-hydrogen) atoms. The zero-order chi connectivity index (χ0) is 13.2. The van der Waals surface area contributed by atoms with E-state index in [1.54, 1.807) is 0 Å². The van der Waals surface area contributed by atoms with Gasteiger partial charge in [0, 0.05) is 0 Å². The van der Waals surface area contributed by atoms with Gasteiger partial charge in [-0.2, -0.15) is 0 Å². The minimum atomic E-state index is -0.0366. The fourth-order valence-electron chi connectivity index (χ4n) is 2.76. The second-order valence-electron chi connectivity index (χ2n) is 5.24. The zero-order valence-corrected chi connectivity index (χ0v) is 11.2. The summed E-state index contributed by atoms with van der Waals surface area (Å²) in [7, 11) is 0. The summed E-state index contributed by atoms with van der Waals surface area (Å²) in [6.45, 7) is 2.07. The minimum Gasteiger partial charge on any atom is -0.488 e. The van der Waals surface area contributed by atoms with Gasteiger partial charge in [-0.15, -0.1) is 0 Å². The lowest BCUT2D eigenvalue weighted by atomic mass is 9.86. The quantitative estimate of drug-likeness (QED) is 0.890. The Kier molecular flexibility index (Phi) is 3.26. The number of nitrogens with two attached hydrogens (primary N) is 1. The lowest BCUT2D eigenvalue weighted by Gasteiger charge is -2.31. The molecule has 3 rings (SSSR count). The zero-order valence-electron chi connectivity index (χ0n) is 11.2. The molecular weight excluding hydrogens is 234 g/mol. The number of ether oxygens (including phenoxy) is 1. The Morgan fingerprint density at radius 2 is 1.95 bits per heavy atom. The van der Waals surface area contributed by atoms with E-state index in [0.29, 0.717) is 0 Å². The van der Waals surface area contributed by atoms with Gasteiger partial charge in [0.15, 0.2) is 0 Å². The Morgan fingerprint density at radius 3 is 2.79 bits per heavy atom. The molecule has 2 atom stereocenters. The van der Waals surface area contributed by atoms with Crippen molar-refractivity contribution in [2.24, 2.45) is 5.73 Å². The van der Waals surface area contributed by atoms with Crippen LogP contribution < -0.4 is 10.5 Å². The summed E-state index contributed by atoms with van der Waals surface area (Å²) in [6.07, 6.45) is 2.09. The largest absolute Gasteiger partial charge is 0.488 e. The van der Waals surface area contributed by atoms with Gasteiger partial charge in [0.2, 0.25) is 0 Å². The van der Waals surface area contributed by atoms with Gasteiger partial charge in [-0.1, -0.05) is 36.4 Å². The van der Waals surface area contributed by atoms with Crippen LogP contribution in [0.5, 0.6) is 5.75 Å². The maximum absolute atomic E-state index is 6.35. The van der Waals surface area contributed by atoms with E-state index >= 15 is 0 Å². The molecule has 1 aliphatic carbocycles. The summed E-state index contributed by atoms with van der Waals surface area (Å²) in [4.78, 5) is 0. The van der Waals surface area contributed by atoms with Crippen molar-refractivity contribution >= 4 is 0 Å². The molecule has 2 N–H and O–H groups in total. The first-order chi connectivity index (χ1) is 9.24. The van der Waals surface area contributed by atoms with Crippen LogP contribution in [0, 0.1) is 6.92 Å². The average molecular weight is 253 g/mol. The molecule has 2 aromatic rings. The first-order valence-corrected chi connectivity index (χ1v) is 6.81. The molecular formula is C17H19NO. The highest BCUT2D eigenvalue weighted by Crippen LogP contribution is 2.31. The van der Waals surface area contributed by atoms with Crippen LogP contribution in [0.15, 0.2) is 48.5 Å². The molecule has 0 bridgehead atoms. The number of hydrogen-bond acceptors (Lipinski definition) is 2. The monoisotopic (exact) mass is 253 g/mol. The van der Waals surface area contributed by atoms with Crippen molar-refractivity contribution in [2.75, 3.05) is 0 Å². The van der Waals surface area contributed by atoms with E-state index in [4.69, 9.17) is 10.5 Å². The minimum absolute atomic E-state index is 0.0366. The second kappa shape index (κ2) is 5.06. The van der Waals surface area contributed by atoms with Crippen molar-refractivity contribution in [3.05, 3.63) is 65.2 Å². The molecule has 0 aromatic heterocycles. The van der Waals surface area contributed by atoms with Crippen molar-refractivity contribution in [1.29, 1.82) is 0 Å². The van der Waals surface area contributed by atoms with Crippen molar-refractivity contribution in [2.45, 2.75) is 31.9 Å². The Hall–Kier alpha value is -1.80. The highest BCUT2D eigenvalue weighted by Gasteiger charge is 2.27. The summed E-state index contributed by atoms with van der Waals surface area (Å²) in [5.41, 5.74) is 10.2. The van der Waals surface area contributed by atoms with Gasteiger partial charge >= 0.3 is 0 Å². The topological polar surface area (TPSA) is 35.2 Å². The van der Waals surface area contributed by atoms with Crippen LogP contribution in [-0.4, -0.2) is 6.10 Å². The molecule has 2 unspecified atom stereocenters. The van der Waals surface area contributed by atoms with E-state index in [1.165, 1.54) is 16.7 Å². The van der Waals surface area contributed by atoms with Crippen molar-refractivity contribution in [3.8, 4) is 5.75 Å². The molecule has 0 spiro atoms. The molecule has 0 radical (unpaired) electrons. The van der Waals surface area contributed by atoms with Crippen LogP contribution in [0.1, 0.15) is 29.2 Å². The number of fused-ring (bicyclic) bond motifs is 1. The van der Waals surface area contributed by atoms with Gasteiger partial charge in [0.25, 0.3) is 0 Å². The van der Waals surface area contributed by atoms with Crippen molar-refractivity contribution in [1.82, 2.24) is 0 Å². The highest BCUT2D eigenvalue weighted by atomic mass is 16.5. The molecule has 98 valence electrons. The maximum atomic E-state index is 6.35. The Morgan fingerprint density at radius 1 is 1.11 bits per heavy atom. The third-order valence-corrected chi connectivity index (χ3v) is 3.79. The molecule has 0 fully saturated rings. The van der Waals surface area contributed by atoms with E-state index in [2.05, 4.69) is 37.3 Å². The molecule has 2 aromatic carbocycles. The number of rotatable bonds is 2. The molecule has 0 heterocycles. The van der Waals surface area contributed by atoms with Crippen LogP contribution in [0.2, 0.25) is 0 Å². The number of benzene rings is 2. The number of aryl methyl sites for hydroxylation is 2. The fraction of sp³-hybridized carbons (Fsp3) is 0.294. The van der Waals surface area contributed by atoms with Crippen LogP contribution in [0.4, 0.5) is 0 Å². The van der Waals surface area contributed by atoms with Crippen LogP contribution in [-0.2, 0) is 6.42 Å². The van der Waals surface area contributed by atoms with E-state index in [-0.39, 0.29) is 12.1 Å². The first-order valence-electron chi connectivity index (χ1n) is 6.81. The predicted octanol–water partition coefficient (Wildman–Crippen LogP) is 3.39. The van der Waals surface area contributed by atoms with E-state index < -0.39 is 0 Å². The van der Waals surface area contributed by atoms with Crippen LogP contribution in [0.25, 0.3) is 0 Å². The molecule has 2 heteroatoms. The van der Waals surface area contributed by atoms with Crippen molar-refractivity contribution in [3.63, 3.8) is 0 Å². The second-order valence-corrected chi connectivity index (χ2v) is 5.24. The van der Waals surface area contributed by atoms with Gasteiger partial charge in [0.05, 0.1) is 6.04 Å². The summed E-state index contributed by atoms with van der Waals surface area (Å²) in [5.74, 6) is 0.917.